The lowest BCUT2D eigenvalue weighted by atomic mass is 9.79. The van der Waals surface area contributed by atoms with Crippen LogP contribution in [0.5, 0.6) is 0 Å². The number of aliphatic hydroxyl groups is 1. The predicted octanol–water partition coefficient (Wildman–Crippen LogP) is 3.59. The molecule has 4 N–H and O–H groups in total. The van der Waals surface area contributed by atoms with Crippen LogP contribution in [0.1, 0.15) is 35.0 Å². The van der Waals surface area contributed by atoms with E-state index in [2.05, 4.69) is 42.8 Å². The topological polar surface area (TPSA) is 90.0 Å². The molecule has 176 valence electrons. The van der Waals surface area contributed by atoms with Gasteiger partial charge in [0.2, 0.25) is 5.91 Å². The molecule has 0 aliphatic heterocycles. The van der Waals surface area contributed by atoms with Gasteiger partial charge < -0.3 is 15.7 Å². The third kappa shape index (κ3) is 5.68. The first kappa shape index (κ1) is 24.0. The molecule has 1 aromatic carbocycles. The average Bonchev–Trinajstić information content (AvgIpc) is 3.39. The largest absolute Gasteiger partial charge is 0.390 e. The number of hydrogen-bond acceptors (Lipinski definition) is 5. The molecule has 6 nitrogen and oxygen atoms in total. The molecule has 10 heteroatoms. The first-order valence-corrected chi connectivity index (χ1v) is 12.3. The van der Waals surface area contributed by atoms with Gasteiger partial charge in [-0.25, -0.2) is 8.78 Å². The van der Waals surface area contributed by atoms with E-state index >= 15 is 0 Å². The summed E-state index contributed by atoms with van der Waals surface area (Å²) in [5, 5.41) is 26.6. The lowest BCUT2D eigenvalue weighted by molar-refractivity contribution is -0.120. The highest BCUT2D eigenvalue weighted by Crippen LogP contribution is 2.39. The van der Waals surface area contributed by atoms with Gasteiger partial charge in [0, 0.05) is 40.0 Å². The van der Waals surface area contributed by atoms with E-state index in [1.54, 1.807) is 11.3 Å². The van der Waals surface area contributed by atoms with E-state index in [9.17, 15) is 18.7 Å². The normalized spacial score (nSPS) is 19.7. The van der Waals surface area contributed by atoms with Crippen molar-refractivity contribution in [3.63, 3.8) is 0 Å². The molecule has 1 amide bonds. The Morgan fingerprint density at radius 1 is 1.33 bits per heavy atom. The van der Waals surface area contributed by atoms with Gasteiger partial charge >= 0.3 is 0 Å². The molecular weight excluding hydrogens is 514 g/mol. The maximum Gasteiger partial charge on any atom is 0.217 e. The van der Waals surface area contributed by atoms with Crippen LogP contribution in [0.4, 0.5) is 8.78 Å². The molecule has 0 radical (unpaired) electrons. The van der Waals surface area contributed by atoms with E-state index in [-0.39, 0.29) is 18.9 Å². The van der Waals surface area contributed by atoms with Crippen molar-refractivity contribution in [1.82, 2.24) is 20.8 Å². The molecule has 1 aliphatic rings. The number of carbonyl (C=O) groups is 1. The van der Waals surface area contributed by atoms with Crippen LogP contribution in [0.25, 0.3) is 0 Å². The maximum absolute atomic E-state index is 13.7. The molecule has 2 aromatic heterocycles. The quantitative estimate of drug-likeness (QED) is 0.352. The molecule has 0 bridgehead atoms. The molecule has 0 saturated heterocycles. The Morgan fingerprint density at radius 3 is 2.76 bits per heavy atom. The predicted molar refractivity (Wildman–Crippen MR) is 126 cm³/mol. The van der Waals surface area contributed by atoms with E-state index in [4.69, 9.17) is 0 Å². The maximum atomic E-state index is 13.7. The molecule has 33 heavy (non-hydrogen) atoms. The number of carbonyl (C=O) groups excluding carboxylic acids is 1. The van der Waals surface area contributed by atoms with Crippen LogP contribution in [-0.2, 0) is 29.6 Å². The zero-order valence-electron chi connectivity index (χ0n) is 18.0. The highest BCUT2D eigenvalue weighted by Gasteiger charge is 2.38. The minimum absolute atomic E-state index is 0.0978. The number of nitrogens with one attached hydrogen (secondary N) is 3. The Labute approximate surface area is 202 Å². The number of halogens is 3. The average molecular weight is 539 g/mol. The van der Waals surface area contributed by atoms with Crippen LogP contribution in [0.15, 0.2) is 40.3 Å². The van der Waals surface area contributed by atoms with Crippen molar-refractivity contribution >= 4 is 33.2 Å². The highest BCUT2D eigenvalue weighted by molar-refractivity contribution is 9.10. The van der Waals surface area contributed by atoms with Gasteiger partial charge in [-0.15, -0.1) is 11.3 Å². The zero-order chi connectivity index (χ0) is 23.6. The number of aliphatic hydroxyl groups excluding tert-OH is 1. The lowest BCUT2D eigenvalue weighted by Crippen LogP contribution is -2.54. The monoisotopic (exact) mass is 538 g/mol. The first-order chi connectivity index (χ1) is 15.7. The number of aromatic amines is 1. The van der Waals surface area contributed by atoms with Crippen molar-refractivity contribution in [2.75, 3.05) is 6.54 Å². The zero-order valence-corrected chi connectivity index (χ0v) is 20.4. The summed E-state index contributed by atoms with van der Waals surface area (Å²) in [4.78, 5) is 12.9. The minimum Gasteiger partial charge on any atom is -0.390 e. The second kappa shape index (κ2) is 10.0. The molecule has 2 heterocycles. The fraction of sp³-hybridized carbons (Fsp3) is 0.391. The van der Waals surface area contributed by atoms with Crippen LogP contribution >= 0.6 is 27.3 Å². The summed E-state index contributed by atoms with van der Waals surface area (Å²) < 4.78 is 28.3. The summed E-state index contributed by atoms with van der Waals surface area (Å²) in [5.41, 5.74) is 2.21. The van der Waals surface area contributed by atoms with Gasteiger partial charge in [0.1, 0.15) is 11.6 Å². The number of thiophene rings is 1. The lowest BCUT2D eigenvalue weighted by Gasteiger charge is -2.39. The molecule has 1 aliphatic carbocycles. The summed E-state index contributed by atoms with van der Waals surface area (Å²) in [6.07, 6.45) is 3.28. The fourth-order valence-corrected chi connectivity index (χ4v) is 6.08. The Balaban J connectivity index is 1.53. The Kier molecular flexibility index (Phi) is 7.28. The second-order valence-corrected chi connectivity index (χ2v) is 10.3. The summed E-state index contributed by atoms with van der Waals surface area (Å²) in [7, 11) is 0. The first-order valence-electron chi connectivity index (χ1n) is 10.6. The summed E-state index contributed by atoms with van der Waals surface area (Å²) in [6.45, 7) is 1.54. The smallest absolute Gasteiger partial charge is 0.217 e. The SMILES string of the molecule is CC(=O)N[C@@H](Cc1cc(F)cc(F)c1)[C@H](O)CNC1(c2cc(Br)cs2)CCc2[nH]ncc2C1. The Hall–Kier alpha value is -2.14. The van der Waals surface area contributed by atoms with Crippen LogP contribution in [-0.4, -0.2) is 39.9 Å². The minimum atomic E-state index is -0.980. The number of H-pyrrole nitrogens is 1. The van der Waals surface area contributed by atoms with E-state index < -0.39 is 29.3 Å². The third-order valence-corrected chi connectivity index (χ3v) is 7.92. The summed E-state index contributed by atoms with van der Waals surface area (Å²) in [5.74, 6) is -1.72. The van der Waals surface area contributed by atoms with Crippen molar-refractivity contribution < 1.29 is 18.7 Å². The van der Waals surface area contributed by atoms with Gasteiger partial charge in [-0.1, -0.05) is 0 Å². The highest BCUT2D eigenvalue weighted by atomic mass is 79.9. The van der Waals surface area contributed by atoms with E-state index in [1.807, 2.05) is 11.6 Å². The van der Waals surface area contributed by atoms with Gasteiger partial charge in [0.05, 0.1) is 23.9 Å². The number of nitrogens with zero attached hydrogens (tertiary/aromatic N) is 1. The van der Waals surface area contributed by atoms with Crippen molar-refractivity contribution in [2.24, 2.45) is 0 Å². The summed E-state index contributed by atoms with van der Waals surface area (Å²) in [6, 6.07) is 4.59. The number of benzene rings is 1. The van der Waals surface area contributed by atoms with Crippen molar-refractivity contribution in [1.29, 1.82) is 0 Å². The van der Waals surface area contributed by atoms with Gasteiger partial charge in [-0.05, 0) is 70.9 Å². The number of aryl methyl sites for hydroxylation is 1. The Morgan fingerprint density at radius 2 is 2.09 bits per heavy atom. The molecule has 3 atom stereocenters. The Bertz CT molecular complexity index is 1120. The fourth-order valence-electron chi connectivity index (χ4n) is 4.44. The van der Waals surface area contributed by atoms with Crippen molar-refractivity contribution in [3.8, 4) is 0 Å². The van der Waals surface area contributed by atoms with Crippen LogP contribution < -0.4 is 10.6 Å². The molecule has 1 unspecified atom stereocenters. The number of hydrogen-bond donors (Lipinski definition) is 4. The molecule has 0 fully saturated rings. The van der Waals surface area contributed by atoms with Gasteiger partial charge in [0.15, 0.2) is 0 Å². The second-order valence-electron chi connectivity index (χ2n) is 8.50. The standard InChI is InChI=1S/C23H25BrF2N4O2S/c1-13(31)29-20(6-14-4-17(25)8-18(26)5-14)21(32)11-27-23(22-7-16(24)12-33-22)3-2-19-15(9-23)10-28-30-19/h4-5,7-8,10,12,20-21,27,32H,2-3,6,9,11H2,1H3,(H,28,30)(H,29,31)/t20-,21+,23?/m0/s1. The molecule has 3 aromatic rings. The molecular formula is C23H25BrF2N4O2S. The van der Waals surface area contributed by atoms with Crippen LogP contribution in [0.2, 0.25) is 0 Å². The summed E-state index contributed by atoms with van der Waals surface area (Å²) >= 11 is 5.17. The van der Waals surface area contributed by atoms with Gasteiger partial charge in [0.25, 0.3) is 0 Å². The number of aromatic nitrogens is 2. The van der Waals surface area contributed by atoms with Gasteiger partial charge in [-0.2, -0.15) is 5.10 Å². The van der Waals surface area contributed by atoms with Crippen LogP contribution in [0, 0.1) is 11.6 Å². The van der Waals surface area contributed by atoms with Crippen molar-refractivity contribution in [2.45, 2.75) is 50.3 Å². The van der Waals surface area contributed by atoms with E-state index in [1.165, 1.54) is 19.1 Å². The molecule has 0 saturated carbocycles. The van der Waals surface area contributed by atoms with Crippen molar-refractivity contribution in [3.05, 3.63) is 73.6 Å². The van der Waals surface area contributed by atoms with E-state index in [0.29, 0.717) is 12.0 Å². The van der Waals surface area contributed by atoms with Crippen LogP contribution in [0.3, 0.4) is 0 Å². The molecule has 4 rings (SSSR count). The van der Waals surface area contributed by atoms with E-state index in [0.717, 1.165) is 39.5 Å². The number of amides is 1. The number of fused-ring (bicyclic) bond motifs is 1. The third-order valence-electron chi connectivity index (χ3n) is 6.02. The number of rotatable bonds is 8. The van der Waals surface area contributed by atoms with Gasteiger partial charge in [-0.3, -0.25) is 9.89 Å². The molecule has 0 spiro atoms.